The Morgan fingerprint density at radius 1 is 0.727 bits per heavy atom. The number of hydrogen-bond donors (Lipinski definition) is 3. The van der Waals surface area contributed by atoms with E-state index in [4.69, 9.17) is 35.2 Å². The summed E-state index contributed by atoms with van der Waals surface area (Å²) in [6.45, 7) is 0. The highest BCUT2D eigenvalue weighted by Crippen LogP contribution is 1.23. The van der Waals surface area contributed by atoms with E-state index in [1.165, 1.54) is 0 Å². The van der Waals surface area contributed by atoms with Gasteiger partial charge >= 0.3 is 0 Å². The number of hydrogen-bond acceptors (Lipinski definition) is 7. The standard InChI is InChI=1S/3CHNO.H3OP/c3*2-1-3;1-2/h3*2H;2H3. The van der Waals surface area contributed by atoms with Crippen molar-refractivity contribution in [2.24, 2.45) is 0 Å². The minimum Gasteiger partial charge on any atom is -0.333 e. The molecule has 7 nitrogen and oxygen atoms in total. The zero-order chi connectivity index (χ0) is 10.1. The second-order valence-electron chi connectivity index (χ2n) is 0.306. The number of isocyanates is 3. The molecule has 0 aromatic carbocycles. The van der Waals surface area contributed by atoms with Crippen molar-refractivity contribution in [2.75, 3.05) is 0 Å². The number of rotatable bonds is 0. The van der Waals surface area contributed by atoms with E-state index >= 15 is 0 Å². The molecule has 8 heteroatoms. The van der Waals surface area contributed by atoms with Crippen LogP contribution < -0.4 is 0 Å². The Morgan fingerprint density at radius 3 is 0.727 bits per heavy atom. The summed E-state index contributed by atoms with van der Waals surface area (Å²) in [5.74, 6) is 0. The maximum Gasteiger partial charge on any atom is 0.231 e. The largest absolute Gasteiger partial charge is 0.333 e. The molecule has 0 fully saturated rings. The minimum atomic E-state index is 0.611. The van der Waals surface area contributed by atoms with Crippen molar-refractivity contribution in [2.45, 2.75) is 0 Å². The Bertz CT molecular complexity index is 123. The Balaban J connectivity index is -0.0000000301. The van der Waals surface area contributed by atoms with Crippen LogP contribution in [0.25, 0.3) is 0 Å². The predicted molar refractivity (Wildman–Crippen MR) is 37.0 cm³/mol. The highest BCUT2D eigenvalue weighted by Gasteiger charge is 1.04. The fraction of sp³-hybridized carbons (Fsp3) is 0. The molecule has 0 saturated carbocycles. The van der Waals surface area contributed by atoms with Gasteiger partial charge in [-0.05, 0) is 0 Å². The van der Waals surface area contributed by atoms with Crippen LogP contribution in [0.5, 0.6) is 0 Å². The van der Waals surface area contributed by atoms with Gasteiger partial charge < -0.3 is 4.57 Å². The summed E-state index contributed by atoms with van der Waals surface area (Å²) in [5, 5.41) is 16.2. The van der Waals surface area contributed by atoms with Crippen molar-refractivity contribution >= 4 is 27.4 Å². The molecule has 0 aromatic rings. The van der Waals surface area contributed by atoms with E-state index in [2.05, 4.69) is 0 Å². The van der Waals surface area contributed by atoms with Gasteiger partial charge in [0, 0.05) is 0 Å². The number of nitrogens with one attached hydrogen (secondary N) is 3. The maximum atomic E-state index is 8.35. The lowest BCUT2D eigenvalue weighted by Crippen LogP contribution is -1.16. The molecule has 1 atom stereocenters. The molecule has 0 aliphatic carbocycles. The van der Waals surface area contributed by atoms with Crippen molar-refractivity contribution in [1.29, 1.82) is 16.2 Å². The summed E-state index contributed by atoms with van der Waals surface area (Å²) in [6, 6.07) is 0. The Hall–Kier alpha value is -1.63. The van der Waals surface area contributed by atoms with Gasteiger partial charge in [0.25, 0.3) is 0 Å². The zero-order valence-electron chi connectivity index (χ0n) is 5.34. The van der Waals surface area contributed by atoms with Crippen LogP contribution in [0.4, 0.5) is 0 Å². The van der Waals surface area contributed by atoms with E-state index < -0.39 is 0 Å². The van der Waals surface area contributed by atoms with Gasteiger partial charge in [-0.25, -0.2) is 30.6 Å². The molecule has 0 aliphatic heterocycles. The fourth-order valence-corrected chi connectivity index (χ4v) is 0. The van der Waals surface area contributed by atoms with Gasteiger partial charge in [-0.2, -0.15) is 0 Å². The third-order valence-corrected chi connectivity index (χ3v) is 0. The average molecular weight is 179 g/mol. The molecule has 62 valence electrons. The van der Waals surface area contributed by atoms with E-state index in [1.54, 1.807) is 0 Å². The molecule has 3 N–H and O–H groups in total. The second-order valence-corrected chi connectivity index (χ2v) is 0.306. The molecular weight excluding hydrogens is 173 g/mol. The highest BCUT2D eigenvalue weighted by molar-refractivity contribution is 7.00. The topological polar surface area (TPSA) is 140 Å². The zero-order valence-corrected chi connectivity index (χ0v) is 6.75. The normalized spacial score (nSPS) is 2.91. The predicted octanol–water partition coefficient (Wildman–Crippen LogP) is -0.358. The number of carbonyl (C=O) groups excluding carboxylic acids is 3. The fourth-order valence-electron chi connectivity index (χ4n) is 0. The van der Waals surface area contributed by atoms with Crippen molar-refractivity contribution in [3.63, 3.8) is 0 Å². The molecule has 0 rings (SSSR count). The van der Waals surface area contributed by atoms with Gasteiger partial charge in [-0.3, -0.25) is 0 Å². The summed E-state index contributed by atoms with van der Waals surface area (Å²) in [7, 11) is 0.611. The first-order valence-electron chi connectivity index (χ1n) is 1.65. The second kappa shape index (κ2) is 242. The molecule has 0 aliphatic rings. The van der Waals surface area contributed by atoms with Crippen LogP contribution in [0.1, 0.15) is 0 Å². The van der Waals surface area contributed by atoms with E-state index in [-0.39, 0.29) is 0 Å². The van der Waals surface area contributed by atoms with Crippen molar-refractivity contribution < 1.29 is 18.9 Å². The van der Waals surface area contributed by atoms with Gasteiger partial charge in [0.1, 0.15) is 0 Å². The molecule has 11 heavy (non-hydrogen) atoms. The molecule has 0 aromatic heterocycles. The SMILES string of the molecule is N=C=O.N=C=O.N=C=O.O=[PH3]. The van der Waals surface area contributed by atoms with Crippen LogP contribution in [0.2, 0.25) is 0 Å². The summed E-state index contributed by atoms with van der Waals surface area (Å²) < 4.78 is 8.28. The van der Waals surface area contributed by atoms with Gasteiger partial charge in [-0.1, -0.05) is 0 Å². The molecular formula is C3H6N3O4P. The van der Waals surface area contributed by atoms with E-state index in [9.17, 15) is 0 Å². The minimum absolute atomic E-state index is 0.611. The van der Waals surface area contributed by atoms with Crippen LogP contribution in [-0.2, 0) is 18.9 Å². The summed E-state index contributed by atoms with van der Waals surface area (Å²) in [4.78, 5) is 25.0. The molecule has 0 heterocycles. The van der Waals surface area contributed by atoms with Crippen LogP contribution in [0, 0.1) is 16.2 Å². The van der Waals surface area contributed by atoms with Crippen LogP contribution in [0.3, 0.4) is 0 Å². The Kier molecular flexibility index (Phi) is 501. The first kappa shape index (κ1) is 22.8. The quantitative estimate of drug-likeness (QED) is 0.265. The lowest BCUT2D eigenvalue weighted by atomic mass is 11.7. The smallest absolute Gasteiger partial charge is 0.231 e. The van der Waals surface area contributed by atoms with E-state index in [0.717, 1.165) is 18.2 Å². The van der Waals surface area contributed by atoms with Gasteiger partial charge in [0.15, 0.2) is 0 Å². The molecule has 0 radical (unpaired) electrons. The molecule has 0 saturated heterocycles. The summed E-state index contributed by atoms with van der Waals surface area (Å²) in [5.41, 5.74) is 0. The van der Waals surface area contributed by atoms with Crippen LogP contribution in [0.15, 0.2) is 0 Å². The summed E-state index contributed by atoms with van der Waals surface area (Å²) >= 11 is 0. The first-order chi connectivity index (χ1) is 5.24. The molecule has 1 unspecified atom stereocenters. The third-order valence-electron chi connectivity index (χ3n) is 0. The van der Waals surface area contributed by atoms with Crippen molar-refractivity contribution in [3.05, 3.63) is 0 Å². The van der Waals surface area contributed by atoms with Gasteiger partial charge in [0.05, 0.1) is 9.12 Å². The lowest BCUT2D eigenvalue weighted by molar-refractivity contribution is 0.562. The first-order valence-corrected chi connectivity index (χ1v) is 2.23. The van der Waals surface area contributed by atoms with Crippen molar-refractivity contribution in [3.8, 4) is 0 Å². The molecule has 0 bridgehead atoms. The van der Waals surface area contributed by atoms with Crippen molar-refractivity contribution in [1.82, 2.24) is 0 Å². The van der Waals surface area contributed by atoms with Gasteiger partial charge in [0.2, 0.25) is 18.2 Å². The molecule has 0 spiro atoms. The maximum absolute atomic E-state index is 8.35. The van der Waals surface area contributed by atoms with E-state index in [0.29, 0.717) is 9.12 Å². The highest BCUT2D eigenvalue weighted by atomic mass is 31.0. The van der Waals surface area contributed by atoms with Crippen LogP contribution >= 0.6 is 9.12 Å². The Morgan fingerprint density at radius 2 is 0.727 bits per heavy atom. The average Bonchev–Trinajstić information content (AvgIpc) is 1.96. The monoisotopic (exact) mass is 179 g/mol. The summed E-state index contributed by atoms with van der Waals surface area (Å²) in [6.07, 6.45) is 2.25. The Labute approximate surface area is 63.6 Å². The van der Waals surface area contributed by atoms with E-state index in [1.807, 2.05) is 0 Å². The van der Waals surface area contributed by atoms with Gasteiger partial charge in [-0.15, -0.1) is 0 Å². The molecule has 0 amide bonds. The lowest BCUT2D eigenvalue weighted by Gasteiger charge is -1.02. The third kappa shape index (κ3) is 128. The van der Waals surface area contributed by atoms with Crippen LogP contribution in [-0.4, -0.2) is 18.2 Å².